The summed E-state index contributed by atoms with van der Waals surface area (Å²) >= 11 is 1.19. The van der Waals surface area contributed by atoms with Gasteiger partial charge in [-0.15, -0.1) is 11.3 Å². The monoisotopic (exact) mass is 345 g/mol. The Balaban J connectivity index is 1.65. The van der Waals surface area contributed by atoms with Crippen LogP contribution in [0.25, 0.3) is 0 Å². The van der Waals surface area contributed by atoms with Crippen LogP contribution in [0.3, 0.4) is 0 Å². The number of rotatable bonds is 7. The van der Waals surface area contributed by atoms with Crippen LogP contribution in [0.2, 0.25) is 0 Å². The summed E-state index contributed by atoms with van der Waals surface area (Å²) < 4.78 is 0. The minimum absolute atomic E-state index is 0.0498. The molecule has 2 rings (SSSR count). The predicted octanol–water partition coefficient (Wildman–Crippen LogP) is 1.51. The third-order valence-electron chi connectivity index (χ3n) is 3.10. The lowest BCUT2D eigenvalue weighted by Gasteiger charge is -2.07. The Labute approximate surface area is 143 Å². The minimum atomic E-state index is -0.481. The Morgan fingerprint density at radius 2 is 1.83 bits per heavy atom. The zero-order valence-corrected chi connectivity index (χ0v) is 13.8. The van der Waals surface area contributed by atoms with Crippen molar-refractivity contribution in [2.45, 2.75) is 6.42 Å². The molecule has 0 aliphatic rings. The molecule has 0 spiro atoms. The standard InChI is InChI=1S/C16H19N5O2S/c17-15(18)12-6-7-14(24-12)21-16(23)20-10-13(22)19-9-8-11-4-2-1-3-5-11/h1-7H,8-10H2,(H3,17,18)(H,19,22)(H2,20,21,23). The first-order valence-corrected chi connectivity index (χ1v) is 8.16. The molecule has 0 aliphatic carbocycles. The molecule has 1 aromatic heterocycles. The van der Waals surface area contributed by atoms with E-state index in [2.05, 4.69) is 16.0 Å². The van der Waals surface area contributed by atoms with Crippen LogP contribution in [0.15, 0.2) is 42.5 Å². The number of anilines is 1. The average Bonchev–Trinajstić information content (AvgIpc) is 3.03. The number of nitrogen functional groups attached to an aromatic ring is 1. The highest BCUT2D eigenvalue weighted by atomic mass is 32.1. The molecule has 0 radical (unpaired) electrons. The summed E-state index contributed by atoms with van der Waals surface area (Å²) in [6, 6.07) is 12.7. The molecular weight excluding hydrogens is 326 g/mol. The fourth-order valence-electron chi connectivity index (χ4n) is 1.92. The van der Waals surface area contributed by atoms with Crippen molar-refractivity contribution >= 4 is 34.1 Å². The molecule has 2 aromatic rings. The van der Waals surface area contributed by atoms with E-state index in [1.807, 2.05) is 30.3 Å². The second-order valence-corrected chi connectivity index (χ2v) is 6.05. The maximum absolute atomic E-state index is 11.7. The lowest BCUT2D eigenvalue weighted by Crippen LogP contribution is -2.39. The first-order chi connectivity index (χ1) is 11.5. The van der Waals surface area contributed by atoms with Crippen molar-refractivity contribution in [1.82, 2.24) is 10.6 Å². The SMILES string of the molecule is N=C(N)c1ccc(NC(=O)NCC(=O)NCCc2ccccc2)s1. The van der Waals surface area contributed by atoms with Gasteiger partial charge in [0.1, 0.15) is 5.84 Å². The van der Waals surface area contributed by atoms with E-state index in [1.54, 1.807) is 12.1 Å². The highest BCUT2D eigenvalue weighted by Gasteiger charge is 2.08. The fraction of sp³-hybridized carbons (Fsp3) is 0.188. The number of carbonyl (C=O) groups is 2. The smallest absolute Gasteiger partial charge is 0.320 e. The highest BCUT2D eigenvalue weighted by Crippen LogP contribution is 2.20. The molecule has 1 aromatic carbocycles. The lowest BCUT2D eigenvalue weighted by atomic mass is 10.1. The average molecular weight is 345 g/mol. The van der Waals surface area contributed by atoms with Crippen LogP contribution < -0.4 is 21.7 Å². The Morgan fingerprint density at radius 3 is 2.50 bits per heavy atom. The topological polar surface area (TPSA) is 120 Å². The maximum atomic E-state index is 11.7. The van der Waals surface area contributed by atoms with Crippen molar-refractivity contribution in [2.24, 2.45) is 5.73 Å². The van der Waals surface area contributed by atoms with Gasteiger partial charge in [-0.3, -0.25) is 15.5 Å². The van der Waals surface area contributed by atoms with Crippen molar-refractivity contribution in [1.29, 1.82) is 5.41 Å². The molecule has 24 heavy (non-hydrogen) atoms. The number of benzene rings is 1. The largest absolute Gasteiger partial charge is 0.383 e. The van der Waals surface area contributed by atoms with Gasteiger partial charge in [0.25, 0.3) is 0 Å². The van der Waals surface area contributed by atoms with Crippen molar-refractivity contribution in [3.05, 3.63) is 52.9 Å². The Morgan fingerprint density at radius 1 is 1.08 bits per heavy atom. The van der Waals surface area contributed by atoms with Gasteiger partial charge in [-0.1, -0.05) is 30.3 Å². The number of amides is 3. The number of carbonyl (C=O) groups excluding carboxylic acids is 2. The van der Waals surface area contributed by atoms with E-state index in [0.717, 1.165) is 12.0 Å². The minimum Gasteiger partial charge on any atom is -0.383 e. The van der Waals surface area contributed by atoms with Crippen LogP contribution in [0, 0.1) is 5.41 Å². The van der Waals surface area contributed by atoms with Gasteiger partial charge in [0.15, 0.2) is 0 Å². The Kier molecular flexibility index (Phi) is 6.32. The second-order valence-electron chi connectivity index (χ2n) is 4.97. The second kappa shape index (κ2) is 8.68. The van der Waals surface area contributed by atoms with Crippen LogP contribution in [0.4, 0.5) is 9.80 Å². The van der Waals surface area contributed by atoms with E-state index in [9.17, 15) is 9.59 Å². The van der Waals surface area contributed by atoms with E-state index in [1.165, 1.54) is 11.3 Å². The Hall–Kier alpha value is -2.87. The molecule has 0 saturated carbocycles. The number of hydrogen-bond acceptors (Lipinski definition) is 4. The molecule has 0 aliphatic heterocycles. The molecule has 1 heterocycles. The number of amidine groups is 1. The molecule has 0 bridgehead atoms. The summed E-state index contributed by atoms with van der Waals surface area (Å²) in [5.74, 6) is -0.303. The molecule has 8 heteroatoms. The molecule has 6 N–H and O–H groups in total. The third-order valence-corrected chi connectivity index (χ3v) is 4.13. The van der Waals surface area contributed by atoms with Gasteiger partial charge in [0, 0.05) is 6.54 Å². The number of nitrogens with two attached hydrogens (primary N) is 1. The summed E-state index contributed by atoms with van der Waals surface area (Å²) in [6.07, 6.45) is 0.738. The zero-order chi connectivity index (χ0) is 17.4. The molecule has 0 unspecified atom stereocenters. The first-order valence-electron chi connectivity index (χ1n) is 7.34. The highest BCUT2D eigenvalue weighted by molar-refractivity contribution is 7.18. The third kappa shape index (κ3) is 5.73. The quantitative estimate of drug-likeness (QED) is 0.386. The van der Waals surface area contributed by atoms with Crippen LogP contribution in [0.1, 0.15) is 10.4 Å². The number of hydrogen-bond donors (Lipinski definition) is 5. The summed E-state index contributed by atoms with van der Waals surface area (Å²) in [4.78, 5) is 24.0. The van der Waals surface area contributed by atoms with Crippen LogP contribution in [0.5, 0.6) is 0 Å². The number of thiophene rings is 1. The van der Waals surface area contributed by atoms with Gasteiger partial charge in [0.05, 0.1) is 16.4 Å². The van der Waals surface area contributed by atoms with Gasteiger partial charge < -0.3 is 16.4 Å². The van der Waals surface area contributed by atoms with Gasteiger partial charge in [0.2, 0.25) is 5.91 Å². The van der Waals surface area contributed by atoms with E-state index >= 15 is 0 Å². The van der Waals surface area contributed by atoms with Crippen molar-refractivity contribution in [3.8, 4) is 0 Å². The molecule has 126 valence electrons. The molecule has 0 saturated heterocycles. The summed E-state index contributed by atoms with van der Waals surface area (Å²) in [5.41, 5.74) is 6.50. The van der Waals surface area contributed by atoms with Gasteiger partial charge in [-0.25, -0.2) is 4.79 Å². The van der Waals surface area contributed by atoms with Crippen molar-refractivity contribution < 1.29 is 9.59 Å². The predicted molar refractivity (Wildman–Crippen MR) is 95.5 cm³/mol. The first kappa shape index (κ1) is 17.5. The van der Waals surface area contributed by atoms with E-state index < -0.39 is 6.03 Å². The van der Waals surface area contributed by atoms with E-state index in [4.69, 9.17) is 11.1 Å². The maximum Gasteiger partial charge on any atom is 0.320 e. The van der Waals surface area contributed by atoms with Gasteiger partial charge in [-0.2, -0.15) is 0 Å². The van der Waals surface area contributed by atoms with Gasteiger partial charge >= 0.3 is 6.03 Å². The van der Waals surface area contributed by atoms with Gasteiger partial charge in [-0.05, 0) is 24.1 Å². The fourth-order valence-corrected chi connectivity index (χ4v) is 2.68. The summed E-state index contributed by atoms with van der Waals surface area (Å²) in [6.45, 7) is 0.407. The summed E-state index contributed by atoms with van der Waals surface area (Å²) in [5, 5.41) is 15.7. The molecule has 0 fully saturated rings. The molecule has 3 amide bonds. The molecule has 7 nitrogen and oxygen atoms in total. The van der Waals surface area contributed by atoms with E-state index in [-0.39, 0.29) is 18.3 Å². The van der Waals surface area contributed by atoms with Crippen molar-refractivity contribution in [3.63, 3.8) is 0 Å². The zero-order valence-electron chi connectivity index (χ0n) is 13.0. The lowest BCUT2D eigenvalue weighted by molar-refractivity contribution is -0.120. The number of urea groups is 1. The Bertz CT molecular complexity index is 714. The van der Waals surface area contributed by atoms with Crippen LogP contribution >= 0.6 is 11.3 Å². The normalized spacial score (nSPS) is 10.0. The van der Waals surface area contributed by atoms with Crippen LogP contribution in [-0.4, -0.2) is 30.9 Å². The molecular formula is C16H19N5O2S. The van der Waals surface area contributed by atoms with E-state index in [0.29, 0.717) is 16.4 Å². The number of nitrogens with one attached hydrogen (secondary N) is 4. The van der Waals surface area contributed by atoms with Crippen molar-refractivity contribution in [2.75, 3.05) is 18.4 Å². The summed E-state index contributed by atoms with van der Waals surface area (Å²) in [7, 11) is 0. The molecule has 0 atom stereocenters. The van der Waals surface area contributed by atoms with Crippen LogP contribution in [-0.2, 0) is 11.2 Å².